The van der Waals surface area contributed by atoms with Crippen molar-refractivity contribution in [3.63, 3.8) is 0 Å². The van der Waals surface area contributed by atoms with Crippen molar-refractivity contribution in [2.24, 2.45) is 9.98 Å². The van der Waals surface area contributed by atoms with Crippen molar-refractivity contribution in [2.45, 2.75) is 6.29 Å². The summed E-state index contributed by atoms with van der Waals surface area (Å²) < 4.78 is 2.64. The van der Waals surface area contributed by atoms with E-state index >= 15 is 0 Å². The van der Waals surface area contributed by atoms with Gasteiger partial charge in [0.15, 0.2) is 0 Å². The van der Waals surface area contributed by atoms with Crippen molar-refractivity contribution in [2.75, 3.05) is 10.2 Å². The zero-order chi connectivity index (χ0) is 29.0. The fraction of sp³-hybridized carbons (Fsp3) is 0.0263. The number of pyridine rings is 1. The molecule has 0 saturated heterocycles. The zero-order valence-corrected chi connectivity index (χ0v) is 24.4. The van der Waals surface area contributed by atoms with Gasteiger partial charge >= 0.3 is 0 Å². The SMILES string of the molecule is C1=NC=NC2Nc3c(-c4cccc(-c5ccc6sc7ccccc7c6c5)c4)cc(-c4ccc(-c5cccnc5)cc4)cc3N12. The molecule has 5 aromatic carbocycles. The van der Waals surface area contributed by atoms with E-state index in [1.807, 2.05) is 29.9 Å². The van der Waals surface area contributed by atoms with Crippen molar-refractivity contribution in [3.05, 3.63) is 128 Å². The summed E-state index contributed by atoms with van der Waals surface area (Å²) in [5.74, 6) is 0. The molecule has 0 fully saturated rings. The predicted molar refractivity (Wildman–Crippen MR) is 186 cm³/mol. The molecule has 1 atom stereocenters. The number of anilines is 2. The minimum atomic E-state index is -0.207. The average Bonchev–Trinajstić information content (AvgIpc) is 3.66. The zero-order valence-electron chi connectivity index (χ0n) is 23.6. The van der Waals surface area contributed by atoms with E-state index in [0.717, 1.165) is 44.8 Å². The molecular weight excluding hydrogens is 559 g/mol. The second-order valence-electron chi connectivity index (χ2n) is 11.1. The van der Waals surface area contributed by atoms with Gasteiger partial charge in [0.1, 0.15) is 12.7 Å². The van der Waals surface area contributed by atoms with Crippen LogP contribution >= 0.6 is 11.3 Å². The summed E-state index contributed by atoms with van der Waals surface area (Å²) in [5, 5.41) is 6.26. The number of aliphatic imine (C=N–C) groups is 2. The highest BCUT2D eigenvalue weighted by Gasteiger charge is 2.31. The minimum absolute atomic E-state index is 0.207. The lowest BCUT2D eigenvalue weighted by atomic mass is 9.93. The fourth-order valence-electron chi connectivity index (χ4n) is 6.31. The molecule has 0 radical (unpaired) electrons. The molecule has 1 unspecified atom stereocenters. The molecule has 2 aromatic heterocycles. The van der Waals surface area contributed by atoms with E-state index < -0.39 is 0 Å². The Labute approximate surface area is 258 Å². The van der Waals surface area contributed by atoms with Crippen molar-refractivity contribution in [3.8, 4) is 44.5 Å². The van der Waals surface area contributed by atoms with Gasteiger partial charge in [-0.15, -0.1) is 11.3 Å². The van der Waals surface area contributed by atoms with Gasteiger partial charge in [0.05, 0.1) is 11.4 Å². The number of hydrogen-bond donors (Lipinski definition) is 1. The molecule has 2 aliphatic rings. The van der Waals surface area contributed by atoms with Gasteiger partial charge in [-0.05, 0) is 81.4 Å². The topological polar surface area (TPSA) is 52.9 Å². The Bertz CT molecular complexity index is 2270. The van der Waals surface area contributed by atoms with Gasteiger partial charge in [-0.3, -0.25) is 9.88 Å². The minimum Gasteiger partial charge on any atom is -0.344 e. The number of nitrogens with one attached hydrogen (secondary N) is 1. The molecule has 0 saturated carbocycles. The molecule has 9 rings (SSSR count). The van der Waals surface area contributed by atoms with Crippen LogP contribution in [0.15, 0.2) is 138 Å². The molecule has 2 aliphatic heterocycles. The second kappa shape index (κ2) is 10.0. The lowest BCUT2D eigenvalue weighted by Gasteiger charge is -2.20. The van der Waals surface area contributed by atoms with Gasteiger partial charge < -0.3 is 5.32 Å². The molecule has 0 aliphatic carbocycles. The Morgan fingerprint density at radius 1 is 0.614 bits per heavy atom. The fourth-order valence-corrected chi connectivity index (χ4v) is 7.39. The highest BCUT2D eigenvalue weighted by atomic mass is 32.1. The van der Waals surface area contributed by atoms with E-state index in [2.05, 4.69) is 134 Å². The Hall–Kier alpha value is -5.59. The summed E-state index contributed by atoms with van der Waals surface area (Å²) in [6, 6.07) is 41.6. The quantitative estimate of drug-likeness (QED) is 0.224. The number of thiophene rings is 1. The van der Waals surface area contributed by atoms with Gasteiger partial charge in [0, 0.05) is 38.1 Å². The Kier molecular flexibility index (Phi) is 5.67. The molecule has 0 amide bonds. The standard InChI is InChI=1S/C38H25N5S/c1-2-9-35-31(8-1)33-18-27(14-15-36(33)44-35)26-5-3-6-28(17-26)32-19-30(20-34-37(32)42-38-41-22-40-23-43(34)38)25-12-10-24(11-13-25)29-7-4-16-39-21-29/h1-23,38,42H. The van der Waals surface area contributed by atoms with Crippen molar-refractivity contribution in [1.29, 1.82) is 0 Å². The predicted octanol–water partition coefficient (Wildman–Crippen LogP) is 9.70. The van der Waals surface area contributed by atoms with Gasteiger partial charge in [-0.1, -0.05) is 72.8 Å². The van der Waals surface area contributed by atoms with E-state index in [0.29, 0.717) is 0 Å². The van der Waals surface area contributed by atoms with Crippen LogP contribution in [0.3, 0.4) is 0 Å². The average molecular weight is 584 g/mol. The second-order valence-corrected chi connectivity index (χ2v) is 12.2. The molecule has 0 bridgehead atoms. The van der Waals surface area contributed by atoms with Crippen LogP contribution in [-0.2, 0) is 0 Å². The lowest BCUT2D eigenvalue weighted by Crippen LogP contribution is -2.34. The van der Waals surface area contributed by atoms with Crippen LogP contribution in [-0.4, -0.2) is 24.0 Å². The number of aromatic nitrogens is 1. The summed E-state index contributed by atoms with van der Waals surface area (Å²) in [5.41, 5.74) is 11.3. The summed E-state index contributed by atoms with van der Waals surface area (Å²) in [4.78, 5) is 15.3. The van der Waals surface area contributed by atoms with Crippen LogP contribution in [0.5, 0.6) is 0 Å². The van der Waals surface area contributed by atoms with Crippen LogP contribution in [0.1, 0.15) is 0 Å². The Balaban J connectivity index is 1.17. The van der Waals surface area contributed by atoms with Crippen molar-refractivity contribution < 1.29 is 0 Å². The first-order valence-corrected chi connectivity index (χ1v) is 15.4. The summed E-state index contributed by atoms with van der Waals surface area (Å²) in [6.45, 7) is 0. The largest absolute Gasteiger partial charge is 0.344 e. The first-order chi connectivity index (χ1) is 21.8. The smallest absolute Gasteiger partial charge is 0.203 e. The van der Waals surface area contributed by atoms with Crippen LogP contribution in [0, 0.1) is 0 Å². The van der Waals surface area contributed by atoms with Gasteiger partial charge in [0.25, 0.3) is 0 Å². The first-order valence-electron chi connectivity index (χ1n) is 14.6. The third-order valence-electron chi connectivity index (χ3n) is 8.49. The summed E-state index contributed by atoms with van der Waals surface area (Å²) in [7, 11) is 0. The normalized spacial score (nSPS) is 15.0. The third kappa shape index (κ3) is 4.11. The maximum absolute atomic E-state index is 4.59. The molecule has 1 N–H and O–H groups in total. The number of rotatable bonds is 4. The van der Waals surface area contributed by atoms with Crippen LogP contribution < -0.4 is 10.2 Å². The summed E-state index contributed by atoms with van der Waals surface area (Å²) in [6.07, 6.45) is 6.96. The van der Waals surface area contributed by atoms with E-state index in [9.17, 15) is 0 Å². The monoisotopic (exact) mass is 583 g/mol. The molecule has 0 spiro atoms. The number of hydrogen-bond acceptors (Lipinski definition) is 6. The third-order valence-corrected chi connectivity index (χ3v) is 9.65. The van der Waals surface area contributed by atoms with Crippen molar-refractivity contribution >= 4 is 55.6 Å². The van der Waals surface area contributed by atoms with Crippen LogP contribution in [0.25, 0.3) is 64.7 Å². The first kappa shape index (κ1) is 25.0. The summed E-state index contributed by atoms with van der Waals surface area (Å²) >= 11 is 1.85. The molecule has 4 heterocycles. The Morgan fingerprint density at radius 2 is 1.39 bits per heavy atom. The number of nitrogens with zero attached hydrogens (tertiary/aromatic N) is 4. The van der Waals surface area contributed by atoms with E-state index in [1.54, 1.807) is 12.5 Å². The highest BCUT2D eigenvalue weighted by Crippen LogP contribution is 2.46. The van der Waals surface area contributed by atoms with Gasteiger partial charge in [0.2, 0.25) is 6.29 Å². The highest BCUT2D eigenvalue weighted by molar-refractivity contribution is 7.25. The van der Waals surface area contributed by atoms with Gasteiger partial charge in [-0.2, -0.15) is 0 Å². The molecule has 5 nitrogen and oxygen atoms in total. The van der Waals surface area contributed by atoms with Crippen molar-refractivity contribution in [1.82, 2.24) is 4.98 Å². The maximum atomic E-state index is 4.59. The Morgan fingerprint density at radius 3 is 2.27 bits per heavy atom. The van der Waals surface area contributed by atoms with Gasteiger partial charge in [-0.25, -0.2) is 9.98 Å². The lowest BCUT2D eigenvalue weighted by molar-refractivity contribution is 0.822. The number of fused-ring (bicyclic) bond motifs is 6. The molecule has 208 valence electrons. The molecular formula is C38H25N5S. The van der Waals surface area contributed by atoms with E-state index in [4.69, 9.17) is 0 Å². The maximum Gasteiger partial charge on any atom is 0.203 e. The van der Waals surface area contributed by atoms with E-state index in [1.165, 1.54) is 31.3 Å². The molecule has 44 heavy (non-hydrogen) atoms. The van der Waals surface area contributed by atoms with Crippen LogP contribution in [0.2, 0.25) is 0 Å². The molecule has 7 aromatic rings. The van der Waals surface area contributed by atoms with E-state index in [-0.39, 0.29) is 6.29 Å². The van der Waals surface area contributed by atoms with Crippen LogP contribution in [0.4, 0.5) is 11.4 Å². The molecule has 6 heteroatoms. The number of benzene rings is 5.